The zero-order valence-electron chi connectivity index (χ0n) is 14.1. The smallest absolute Gasteiger partial charge is 0.399 e. The van der Waals surface area contributed by atoms with Gasteiger partial charge in [0.1, 0.15) is 6.10 Å². The van der Waals surface area contributed by atoms with Gasteiger partial charge in [0, 0.05) is 0 Å². The summed E-state index contributed by atoms with van der Waals surface area (Å²) < 4.78 is 12.2. The van der Waals surface area contributed by atoms with E-state index in [0.29, 0.717) is 0 Å². The first-order valence-electron chi connectivity index (χ1n) is 7.99. The minimum Gasteiger partial charge on any atom is -0.399 e. The molecule has 1 aliphatic rings. The molecule has 2 aromatic rings. The van der Waals surface area contributed by atoms with E-state index in [1.165, 1.54) is 0 Å². The minimum absolute atomic E-state index is 0.369. The lowest BCUT2D eigenvalue weighted by atomic mass is 9.78. The third kappa shape index (κ3) is 3.07. The summed E-state index contributed by atoms with van der Waals surface area (Å²) in [7, 11) is -0.414. The van der Waals surface area contributed by atoms with Crippen LogP contribution in [-0.2, 0) is 9.31 Å². The summed E-state index contributed by atoms with van der Waals surface area (Å²) in [6.07, 6.45) is -0.654. The number of rotatable bonds is 3. The van der Waals surface area contributed by atoms with Gasteiger partial charge in [0.2, 0.25) is 0 Å². The molecule has 0 radical (unpaired) electrons. The molecule has 1 aliphatic heterocycles. The third-order valence-electron chi connectivity index (χ3n) is 4.87. The van der Waals surface area contributed by atoms with Crippen LogP contribution in [0.4, 0.5) is 0 Å². The van der Waals surface area contributed by atoms with Gasteiger partial charge < -0.3 is 14.4 Å². The van der Waals surface area contributed by atoms with Crippen molar-refractivity contribution in [1.29, 1.82) is 0 Å². The average molecular weight is 310 g/mol. The maximum atomic E-state index is 10.6. The van der Waals surface area contributed by atoms with Crippen LogP contribution in [0.3, 0.4) is 0 Å². The van der Waals surface area contributed by atoms with Crippen molar-refractivity contribution < 1.29 is 14.4 Å². The molecule has 1 fully saturated rings. The summed E-state index contributed by atoms with van der Waals surface area (Å²) in [5.41, 5.74) is 1.90. The van der Waals surface area contributed by atoms with Gasteiger partial charge in [0.05, 0.1) is 11.2 Å². The summed E-state index contributed by atoms with van der Waals surface area (Å²) in [6, 6.07) is 17.4. The van der Waals surface area contributed by atoms with Crippen LogP contribution >= 0.6 is 0 Å². The second-order valence-corrected chi connectivity index (χ2v) is 7.07. The van der Waals surface area contributed by atoms with Gasteiger partial charge in [0.15, 0.2) is 0 Å². The molecule has 3 rings (SSSR count). The van der Waals surface area contributed by atoms with Gasteiger partial charge in [-0.1, -0.05) is 54.6 Å². The molecule has 1 saturated heterocycles. The lowest BCUT2D eigenvalue weighted by Gasteiger charge is -2.32. The minimum atomic E-state index is -0.654. The molecule has 120 valence electrons. The van der Waals surface area contributed by atoms with Crippen molar-refractivity contribution in [2.75, 3.05) is 0 Å². The van der Waals surface area contributed by atoms with E-state index >= 15 is 0 Å². The summed E-state index contributed by atoms with van der Waals surface area (Å²) in [5.74, 6) is 0. The number of aliphatic hydroxyl groups is 1. The van der Waals surface area contributed by atoms with Crippen molar-refractivity contribution in [3.8, 4) is 0 Å². The fourth-order valence-corrected chi connectivity index (χ4v) is 2.68. The molecule has 0 aromatic heterocycles. The van der Waals surface area contributed by atoms with Crippen LogP contribution in [0.1, 0.15) is 44.9 Å². The van der Waals surface area contributed by atoms with Gasteiger partial charge in [-0.2, -0.15) is 0 Å². The Morgan fingerprint density at radius 1 is 0.826 bits per heavy atom. The molecule has 0 unspecified atom stereocenters. The predicted molar refractivity (Wildman–Crippen MR) is 92.7 cm³/mol. The van der Waals surface area contributed by atoms with E-state index in [9.17, 15) is 5.11 Å². The van der Waals surface area contributed by atoms with Gasteiger partial charge in [-0.3, -0.25) is 0 Å². The number of benzene rings is 2. The first-order valence-corrected chi connectivity index (χ1v) is 7.99. The molecule has 0 saturated carbocycles. The van der Waals surface area contributed by atoms with Crippen LogP contribution in [0.25, 0.3) is 0 Å². The predicted octanol–water partition coefficient (Wildman–Crippen LogP) is 3.07. The Kier molecular flexibility index (Phi) is 4.09. The quantitative estimate of drug-likeness (QED) is 0.886. The monoisotopic (exact) mass is 310 g/mol. The molecule has 0 spiro atoms. The molecule has 0 amide bonds. The van der Waals surface area contributed by atoms with E-state index < -0.39 is 13.2 Å². The first kappa shape index (κ1) is 16.3. The molecular weight excluding hydrogens is 287 g/mol. The maximum Gasteiger partial charge on any atom is 0.494 e. The highest BCUT2D eigenvalue weighted by Crippen LogP contribution is 2.36. The van der Waals surface area contributed by atoms with Crippen molar-refractivity contribution in [2.45, 2.75) is 45.0 Å². The van der Waals surface area contributed by atoms with Gasteiger partial charge >= 0.3 is 7.12 Å². The van der Waals surface area contributed by atoms with Gasteiger partial charge in [-0.25, -0.2) is 0 Å². The molecular formula is C19H23BO3. The Bertz CT molecular complexity index is 666. The normalized spacial score (nSPS) is 20.5. The van der Waals surface area contributed by atoms with E-state index in [4.69, 9.17) is 9.31 Å². The molecule has 1 heterocycles. The highest BCUT2D eigenvalue weighted by atomic mass is 16.7. The number of aliphatic hydroxyl groups excluding tert-OH is 1. The zero-order chi connectivity index (χ0) is 16.7. The highest BCUT2D eigenvalue weighted by molar-refractivity contribution is 6.62. The molecule has 0 bridgehead atoms. The standard InChI is InChI=1S/C19H23BO3/c1-18(2)19(3,4)23-20(22-18)16-12-8-11-15(13-16)17(21)14-9-6-5-7-10-14/h5-13,17,21H,1-4H3/t17-/m0/s1. The van der Waals surface area contributed by atoms with E-state index in [1.54, 1.807) is 0 Å². The van der Waals surface area contributed by atoms with E-state index in [1.807, 2.05) is 82.3 Å². The number of hydrogen-bond acceptors (Lipinski definition) is 3. The molecule has 1 atom stereocenters. The fourth-order valence-electron chi connectivity index (χ4n) is 2.68. The molecule has 3 nitrogen and oxygen atoms in total. The Labute approximate surface area is 138 Å². The van der Waals surface area contributed by atoms with Crippen LogP contribution in [0.15, 0.2) is 54.6 Å². The van der Waals surface area contributed by atoms with Gasteiger partial charge in [0.25, 0.3) is 0 Å². The summed E-state index contributed by atoms with van der Waals surface area (Å²) >= 11 is 0. The highest BCUT2D eigenvalue weighted by Gasteiger charge is 2.51. The van der Waals surface area contributed by atoms with Crippen molar-refractivity contribution in [3.05, 3.63) is 65.7 Å². The Morgan fingerprint density at radius 2 is 1.39 bits per heavy atom. The number of hydrogen-bond donors (Lipinski definition) is 1. The SMILES string of the molecule is CC1(C)OB(c2cccc([C@@H](O)c3ccccc3)c2)OC1(C)C. The second kappa shape index (κ2) is 5.79. The van der Waals surface area contributed by atoms with Crippen LogP contribution in [0.5, 0.6) is 0 Å². The lowest BCUT2D eigenvalue weighted by molar-refractivity contribution is 0.00578. The van der Waals surface area contributed by atoms with Crippen LogP contribution < -0.4 is 5.46 Å². The van der Waals surface area contributed by atoms with Gasteiger partial charge in [-0.15, -0.1) is 0 Å². The summed E-state index contributed by atoms with van der Waals surface area (Å²) in [5, 5.41) is 10.6. The Hall–Kier alpha value is -1.62. The van der Waals surface area contributed by atoms with Crippen LogP contribution in [-0.4, -0.2) is 23.4 Å². The van der Waals surface area contributed by atoms with Crippen molar-refractivity contribution in [3.63, 3.8) is 0 Å². The zero-order valence-corrected chi connectivity index (χ0v) is 14.1. The van der Waals surface area contributed by atoms with Crippen LogP contribution in [0.2, 0.25) is 0 Å². The first-order chi connectivity index (χ1) is 10.8. The lowest BCUT2D eigenvalue weighted by Crippen LogP contribution is -2.41. The summed E-state index contributed by atoms with van der Waals surface area (Å²) in [6.45, 7) is 8.15. The molecule has 4 heteroatoms. The summed E-state index contributed by atoms with van der Waals surface area (Å²) in [4.78, 5) is 0. The molecule has 0 aliphatic carbocycles. The van der Waals surface area contributed by atoms with E-state index in [0.717, 1.165) is 16.6 Å². The van der Waals surface area contributed by atoms with Crippen molar-refractivity contribution in [2.24, 2.45) is 0 Å². The Morgan fingerprint density at radius 3 is 2.00 bits per heavy atom. The largest absolute Gasteiger partial charge is 0.494 e. The molecule has 1 N–H and O–H groups in total. The molecule has 2 aromatic carbocycles. The maximum absolute atomic E-state index is 10.6. The van der Waals surface area contributed by atoms with Crippen molar-refractivity contribution >= 4 is 12.6 Å². The molecule has 23 heavy (non-hydrogen) atoms. The van der Waals surface area contributed by atoms with Crippen molar-refractivity contribution in [1.82, 2.24) is 0 Å². The average Bonchev–Trinajstić information content (AvgIpc) is 2.76. The second-order valence-electron chi connectivity index (χ2n) is 7.07. The fraction of sp³-hybridized carbons (Fsp3) is 0.368. The van der Waals surface area contributed by atoms with E-state index in [-0.39, 0.29) is 11.2 Å². The van der Waals surface area contributed by atoms with Crippen LogP contribution in [0, 0.1) is 0 Å². The topological polar surface area (TPSA) is 38.7 Å². The Balaban J connectivity index is 1.87. The van der Waals surface area contributed by atoms with Gasteiger partial charge in [-0.05, 0) is 44.3 Å². The third-order valence-corrected chi connectivity index (χ3v) is 4.87. The van der Waals surface area contributed by atoms with E-state index in [2.05, 4.69) is 0 Å².